The number of carbonyl (C=O) groups excluding carboxylic acids is 1. The molecule has 3 nitrogen and oxygen atoms in total. The predicted molar refractivity (Wildman–Crippen MR) is 46.2 cm³/mol. The van der Waals surface area contributed by atoms with Crippen molar-refractivity contribution in [3.05, 3.63) is 0 Å². The van der Waals surface area contributed by atoms with Crippen LogP contribution in [0.3, 0.4) is 0 Å². The maximum absolute atomic E-state index is 11.1. The molecule has 0 atom stereocenters. The van der Waals surface area contributed by atoms with Crippen LogP contribution in [0.5, 0.6) is 0 Å². The van der Waals surface area contributed by atoms with Crippen molar-refractivity contribution in [2.45, 2.75) is 25.7 Å². The average Bonchev–Trinajstić information content (AvgIpc) is 2.17. The quantitative estimate of drug-likeness (QED) is 0.504. The van der Waals surface area contributed by atoms with Crippen molar-refractivity contribution in [3.8, 4) is 0 Å². The third-order valence-corrected chi connectivity index (χ3v) is 2.54. The number of esters is 1. The van der Waals surface area contributed by atoms with E-state index in [1.165, 1.54) is 13.3 Å². The summed E-state index contributed by atoms with van der Waals surface area (Å²) in [5.41, 5.74) is 0. The fourth-order valence-electron chi connectivity index (χ4n) is 1.69. The van der Waals surface area contributed by atoms with Crippen molar-refractivity contribution in [1.82, 2.24) is 0 Å². The Hall–Kier alpha value is -0.860. The van der Waals surface area contributed by atoms with E-state index in [1.54, 1.807) is 0 Å². The fourth-order valence-corrected chi connectivity index (χ4v) is 1.69. The maximum Gasteiger partial charge on any atom is 0.308 e. The summed E-state index contributed by atoms with van der Waals surface area (Å²) in [4.78, 5) is 11.1. The van der Waals surface area contributed by atoms with Crippen LogP contribution in [-0.2, 0) is 9.53 Å². The third kappa shape index (κ3) is 2.06. The van der Waals surface area contributed by atoms with E-state index in [4.69, 9.17) is 5.41 Å². The molecule has 0 aromatic rings. The van der Waals surface area contributed by atoms with Gasteiger partial charge in [0.25, 0.3) is 0 Å². The van der Waals surface area contributed by atoms with Crippen LogP contribution in [0, 0.1) is 17.2 Å². The number of ether oxygens (including phenoxy) is 1. The van der Waals surface area contributed by atoms with Gasteiger partial charge in [-0.25, -0.2) is 0 Å². The second kappa shape index (κ2) is 4.24. The zero-order valence-corrected chi connectivity index (χ0v) is 7.38. The number of hydrogen-bond donors (Lipinski definition) is 1. The smallest absolute Gasteiger partial charge is 0.308 e. The van der Waals surface area contributed by atoms with Gasteiger partial charge in [0.2, 0.25) is 0 Å². The largest absolute Gasteiger partial charge is 0.469 e. The van der Waals surface area contributed by atoms with Gasteiger partial charge in [-0.1, -0.05) is 0 Å². The molecule has 0 bridgehead atoms. The Labute approximate surface area is 72.6 Å². The normalized spacial score (nSPS) is 29.4. The van der Waals surface area contributed by atoms with Gasteiger partial charge in [0.15, 0.2) is 0 Å². The SMILES string of the molecule is COC(=O)C1CCC(C=N)CC1. The van der Waals surface area contributed by atoms with E-state index in [1.807, 2.05) is 0 Å². The highest BCUT2D eigenvalue weighted by Gasteiger charge is 2.25. The van der Waals surface area contributed by atoms with E-state index in [9.17, 15) is 4.79 Å². The van der Waals surface area contributed by atoms with Crippen LogP contribution in [0.4, 0.5) is 0 Å². The van der Waals surface area contributed by atoms with Crippen molar-refractivity contribution >= 4 is 12.2 Å². The minimum atomic E-state index is -0.0848. The molecule has 0 heterocycles. The Kier molecular flexibility index (Phi) is 3.26. The second-order valence-corrected chi connectivity index (χ2v) is 3.30. The Morgan fingerprint density at radius 1 is 1.42 bits per heavy atom. The van der Waals surface area contributed by atoms with Crippen LogP contribution in [0.2, 0.25) is 0 Å². The molecule has 0 amide bonds. The predicted octanol–water partition coefficient (Wildman–Crippen LogP) is 1.62. The van der Waals surface area contributed by atoms with Crippen molar-refractivity contribution < 1.29 is 9.53 Å². The molecule has 0 aliphatic heterocycles. The topological polar surface area (TPSA) is 50.2 Å². The van der Waals surface area contributed by atoms with Gasteiger partial charge in [-0.2, -0.15) is 0 Å². The molecule has 1 aliphatic carbocycles. The first-order valence-electron chi connectivity index (χ1n) is 4.36. The highest BCUT2D eigenvalue weighted by Crippen LogP contribution is 2.28. The van der Waals surface area contributed by atoms with Crippen LogP contribution >= 0.6 is 0 Å². The molecular formula is C9H15NO2. The lowest BCUT2D eigenvalue weighted by molar-refractivity contribution is -0.146. The van der Waals surface area contributed by atoms with Crippen LogP contribution in [-0.4, -0.2) is 19.3 Å². The number of methoxy groups -OCH3 is 1. The Bertz CT molecular complexity index is 171. The van der Waals surface area contributed by atoms with Crippen LogP contribution < -0.4 is 0 Å². The minimum absolute atomic E-state index is 0.0848. The Morgan fingerprint density at radius 2 is 2.00 bits per heavy atom. The summed E-state index contributed by atoms with van der Waals surface area (Å²) in [6.07, 6.45) is 5.18. The van der Waals surface area contributed by atoms with Crippen molar-refractivity contribution in [3.63, 3.8) is 0 Å². The molecule has 0 spiro atoms. The van der Waals surface area contributed by atoms with Crippen molar-refractivity contribution in [1.29, 1.82) is 5.41 Å². The first-order valence-corrected chi connectivity index (χ1v) is 4.36. The highest BCUT2D eigenvalue weighted by molar-refractivity contribution is 5.72. The van der Waals surface area contributed by atoms with E-state index < -0.39 is 0 Å². The maximum atomic E-state index is 11.1. The lowest BCUT2D eigenvalue weighted by Gasteiger charge is -2.23. The van der Waals surface area contributed by atoms with Crippen LogP contribution in [0.25, 0.3) is 0 Å². The van der Waals surface area contributed by atoms with Gasteiger partial charge in [0.05, 0.1) is 13.0 Å². The van der Waals surface area contributed by atoms with Crippen LogP contribution in [0.15, 0.2) is 0 Å². The second-order valence-electron chi connectivity index (χ2n) is 3.30. The van der Waals surface area contributed by atoms with Crippen molar-refractivity contribution in [2.75, 3.05) is 7.11 Å². The number of hydrogen-bond acceptors (Lipinski definition) is 3. The number of nitrogens with one attached hydrogen (secondary N) is 1. The molecule has 1 aliphatic rings. The molecule has 1 saturated carbocycles. The molecule has 0 saturated heterocycles. The van der Waals surface area contributed by atoms with E-state index >= 15 is 0 Å². The summed E-state index contributed by atoms with van der Waals surface area (Å²) in [7, 11) is 1.44. The van der Waals surface area contributed by atoms with Gasteiger partial charge in [0.1, 0.15) is 0 Å². The summed E-state index contributed by atoms with van der Waals surface area (Å²) in [5, 5.41) is 7.07. The summed E-state index contributed by atoms with van der Waals surface area (Å²) < 4.78 is 4.66. The summed E-state index contributed by atoms with van der Waals surface area (Å²) >= 11 is 0. The van der Waals surface area contributed by atoms with Gasteiger partial charge in [-0.3, -0.25) is 4.79 Å². The minimum Gasteiger partial charge on any atom is -0.469 e. The molecule has 0 aromatic heterocycles. The zero-order chi connectivity index (χ0) is 8.97. The van der Waals surface area contributed by atoms with E-state index in [-0.39, 0.29) is 11.9 Å². The summed E-state index contributed by atoms with van der Waals surface area (Å²) in [6, 6.07) is 0. The van der Waals surface area contributed by atoms with Gasteiger partial charge < -0.3 is 10.1 Å². The first-order chi connectivity index (χ1) is 5.77. The first kappa shape index (κ1) is 9.23. The molecular weight excluding hydrogens is 154 g/mol. The molecule has 1 N–H and O–H groups in total. The molecule has 0 radical (unpaired) electrons. The summed E-state index contributed by atoms with van der Waals surface area (Å²) in [6.45, 7) is 0. The fraction of sp³-hybridized carbons (Fsp3) is 0.778. The summed E-state index contributed by atoms with van der Waals surface area (Å²) in [5.74, 6) is 0.399. The average molecular weight is 169 g/mol. The molecule has 0 aromatic carbocycles. The molecule has 1 rings (SSSR count). The Morgan fingerprint density at radius 3 is 2.42 bits per heavy atom. The molecule has 3 heteroatoms. The Balaban J connectivity index is 2.35. The molecule has 1 fully saturated rings. The molecule has 0 unspecified atom stereocenters. The van der Waals surface area contributed by atoms with E-state index in [0.29, 0.717) is 5.92 Å². The lowest BCUT2D eigenvalue weighted by Crippen LogP contribution is -2.23. The van der Waals surface area contributed by atoms with Gasteiger partial charge in [-0.15, -0.1) is 0 Å². The lowest BCUT2D eigenvalue weighted by atomic mass is 9.83. The number of rotatable bonds is 2. The van der Waals surface area contributed by atoms with E-state index in [0.717, 1.165) is 25.7 Å². The standard InChI is InChI=1S/C9H15NO2/c1-12-9(11)8-4-2-7(6-10)3-5-8/h6-8,10H,2-5H2,1H3. The van der Waals surface area contributed by atoms with Gasteiger partial charge in [0, 0.05) is 0 Å². The van der Waals surface area contributed by atoms with E-state index in [2.05, 4.69) is 4.74 Å². The van der Waals surface area contributed by atoms with Crippen molar-refractivity contribution in [2.24, 2.45) is 11.8 Å². The van der Waals surface area contributed by atoms with Gasteiger partial charge in [-0.05, 0) is 37.8 Å². The monoisotopic (exact) mass is 169 g/mol. The zero-order valence-electron chi connectivity index (χ0n) is 7.38. The van der Waals surface area contributed by atoms with Gasteiger partial charge >= 0.3 is 5.97 Å². The van der Waals surface area contributed by atoms with Crippen LogP contribution in [0.1, 0.15) is 25.7 Å². The molecule has 68 valence electrons. The third-order valence-electron chi connectivity index (χ3n) is 2.54. The highest BCUT2D eigenvalue weighted by atomic mass is 16.5. The molecule has 12 heavy (non-hydrogen) atoms. The number of carbonyl (C=O) groups is 1.